The molecule has 0 radical (unpaired) electrons. The highest BCUT2D eigenvalue weighted by molar-refractivity contribution is 8.00. The number of amides is 2. The van der Waals surface area contributed by atoms with Crippen LogP contribution in [0.1, 0.15) is 37.7 Å². The van der Waals surface area contributed by atoms with Gasteiger partial charge in [0, 0.05) is 5.69 Å². The van der Waals surface area contributed by atoms with Gasteiger partial charge in [0.25, 0.3) is 0 Å². The zero-order chi connectivity index (χ0) is 18.3. The first-order chi connectivity index (χ1) is 11.9. The van der Waals surface area contributed by atoms with Gasteiger partial charge in [-0.25, -0.2) is 4.79 Å². The van der Waals surface area contributed by atoms with Gasteiger partial charge in [-0.2, -0.15) is 0 Å². The summed E-state index contributed by atoms with van der Waals surface area (Å²) in [6, 6.07) is 7.46. The van der Waals surface area contributed by atoms with Gasteiger partial charge in [0.1, 0.15) is 5.54 Å². The third-order valence-corrected chi connectivity index (χ3v) is 5.23. The van der Waals surface area contributed by atoms with Crippen molar-refractivity contribution in [2.45, 2.75) is 44.6 Å². The van der Waals surface area contributed by atoms with Gasteiger partial charge in [0.2, 0.25) is 11.8 Å². The molecule has 1 aliphatic carbocycles. The highest BCUT2D eigenvalue weighted by atomic mass is 32.2. The molecule has 0 spiro atoms. The number of thioether (sulfide) groups is 1. The smallest absolute Gasteiger partial charge is 0.329 e. The zero-order valence-electron chi connectivity index (χ0n) is 14.3. The van der Waals surface area contributed by atoms with Crippen LogP contribution in [0.4, 0.5) is 5.69 Å². The van der Waals surface area contributed by atoms with E-state index in [1.807, 2.05) is 31.2 Å². The lowest BCUT2D eigenvalue weighted by molar-refractivity contribution is -0.148. The summed E-state index contributed by atoms with van der Waals surface area (Å²) in [5.41, 5.74) is 0.687. The Kier molecular flexibility index (Phi) is 6.87. The van der Waals surface area contributed by atoms with E-state index >= 15 is 0 Å². The Bertz CT molecular complexity index is 624. The van der Waals surface area contributed by atoms with E-state index in [9.17, 15) is 19.5 Å². The van der Waals surface area contributed by atoms with Crippen molar-refractivity contribution in [1.29, 1.82) is 0 Å². The largest absolute Gasteiger partial charge is 0.480 e. The third-order valence-electron chi connectivity index (χ3n) is 4.30. The van der Waals surface area contributed by atoms with E-state index in [0.717, 1.165) is 24.8 Å². The molecule has 0 saturated heterocycles. The number of hydrogen-bond donors (Lipinski definition) is 3. The Morgan fingerprint density at radius 1 is 1.04 bits per heavy atom. The molecule has 0 atom stereocenters. The second-order valence-corrected chi connectivity index (χ2v) is 7.39. The molecule has 1 fully saturated rings. The van der Waals surface area contributed by atoms with Crippen molar-refractivity contribution >= 4 is 35.2 Å². The number of carboxylic acids is 1. The Labute approximate surface area is 151 Å². The van der Waals surface area contributed by atoms with Gasteiger partial charge in [-0.05, 0) is 31.9 Å². The first-order valence-corrected chi connectivity index (χ1v) is 9.55. The maximum absolute atomic E-state index is 12.1. The molecule has 1 aromatic rings. The molecular weight excluding hydrogens is 340 g/mol. The minimum atomic E-state index is -1.14. The summed E-state index contributed by atoms with van der Waals surface area (Å²) < 4.78 is 0. The second kappa shape index (κ2) is 8.89. The quantitative estimate of drug-likeness (QED) is 0.691. The van der Waals surface area contributed by atoms with Crippen LogP contribution in [0.25, 0.3) is 0 Å². The number of aliphatic carboxylic acids is 1. The van der Waals surface area contributed by atoms with E-state index in [1.165, 1.54) is 11.8 Å². The fraction of sp³-hybridized carbons (Fsp3) is 0.500. The molecule has 1 aromatic carbocycles. The predicted molar refractivity (Wildman–Crippen MR) is 98.7 cm³/mol. The number of hydrogen-bond acceptors (Lipinski definition) is 4. The van der Waals surface area contributed by atoms with Gasteiger partial charge in [0.15, 0.2) is 0 Å². The Morgan fingerprint density at radius 3 is 2.24 bits per heavy atom. The molecule has 25 heavy (non-hydrogen) atoms. The van der Waals surface area contributed by atoms with Crippen LogP contribution in [0, 0.1) is 6.92 Å². The first kappa shape index (κ1) is 19.3. The molecule has 136 valence electrons. The number of carbonyl (C=O) groups excluding carboxylic acids is 2. The standard InChI is InChI=1S/C18H24N2O4S/c1-13-5-7-14(8-6-13)19-15(21)11-25-12-16(22)20-18(17(23)24)9-3-2-4-10-18/h5-8H,2-4,9-12H2,1H3,(H,19,21)(H,20,22)(H,23,24). The normalized spacial score (nSPS) is 16.0. The molecule has 0 unspecified atom stereocenters. The monoisotopic (exact) mass is 364 g/mol. The second-order valence-electron chi connectivity index (χ2n) is 6.40. The van der Waals surface area contributed by atoms with Crippen molar-refractivity contribution in [1.82, 2.24) is 5.32 Å². The highest BCUT2D eigenvalue weighted by Gasteiger charge is 2.40. The average molecular weight is 364 g/mol. The number of aryl methyl sites for hydroxylation is 1. The topological polar surface area (TPSA) is 95.5 Å². The lowest BCUT2D eigenvalue weighted by atomic mass is 9.81. The Morgan fingerprint density at radius 2 is 1.64 bits per heavy atom. The average Bonchev–Trinajstić information content (AvgIpc) is 2.57. The molecule has 7 heteroatoms. The van der Waals surface area contributed by atoms with Gasteiger partial charge < -0.3 is 15.7 Å². The maximum atomic E-state index is 12.1. The van der Waals surface area contributed by atoms with Crippen molar-refractivity contribution in [2.75, 3.05) is 16.8 Å². The SMILES string of the molecule is Cc1ccc(NC(=O)CSCC(=O)NC2(C(=O)O)CCCCC2)cc1. The number of carbonyl (C=O) groups is 3. The minimum absolute atomic E-state index is 0.0658. The van der Waals surface area contributed by atoms with Gasteiger partial charge in [-0.15, -0.1) is 11.8 Å². The van der Waals surface area contributed by atoms with E-state index in [-0.39, 0.29) is 23.3 Å². The molecule has 0 aliphatic heterocycles. The third kappa shape index (κ3) is 5.77. The number of benzene rings is 1. The minimum Gasteiger partial charge on any atom is -0.480 e. The zero-order valence-corrected chi connectivity index (χ0v) is 15.2. The summed E-state index contributed by atoms with van der Waals surface area (Å²) in [4.78, 5) is 35.5. The number of carboxylic acid groups (broad SMARTS) is 1. The van der Waals surface area contributed by atoms with Crippen LogP contribution >= 0.6 is 11.8 Å². The van der Waals surface area contributed by atoms with Crippen LogP contribution in [0.15, 0.2) is 24.3 Å². The van der Waals surface area contributed by atoms with E-state index < -0.39 is 11.5 Å². The Balaban J connectivity index is 1.74. The van der Waals surface area contributed by atoms with Gasteiger partial charge in [-0.1, -0.05) is 37.0 Å². The summed E-state index contributed by atoms with van der Waals surface area (Å²) >= 11 is 1.17. The van der Waals surface area contributed by atoms with Crippen molar-refractivity contribution in [3.05, 3.63) is 29.8 Å². The number of anilines is 1. The van der Waals surface area contributed by atoms with Crippen LogP contribution < -0.4 is 10.6 Å². The van der Waals surface area contributed by atoms with Gasteiger partial charge >= 0.3 is 5.97 Å². The molecular formula is C18H24N2O4S. The highest BCUT2D eigenvalue weighted by Crippen LogP contribution is 2.28. The van der Waals surface area contributed by atoms with E-state index in [2.05, 4.69) is 10.6 Å². The van der Waals surface area contributed by atoms with Crippen LogP contribution in [-0.2, 0) is 14.4 Å². The van der Waals surface area contributed by atoms with Gasteiger partial charge in [-0.3, -0.25) is 9.59 Å². The van der Waals surface area contributed by atoms with Crippen molar-refractivity contribution in [3.8, 4) is 0 Å². The summed E-state index contributed by atoms with van der Waals surface area (Å²) in [6.07, 6.45) is 3.54. The molecule has 0 bridgehead atoms. The van der Waals surface area contributed by atoms with Gasteiger partial charge in [0.05, 0.1) is 11.5 Å². The molecule has 0 aromatic heterocycles. The van der Waals surface area contributed by atoms with Crippen molar-refractivity contribution in [3.63, 3.8) is 0 Å². The maximum Gasteiger partial charge on any atom is 0.329 e. The van der Waals surface area contributed by atoms with Crippen LogP contribution in [0.5, 0.6) is 0 Å². The lowest BCUT2D eigenvalue weighted by Gasteiger charge is -2.33. The number of nitrogens with one attached hydrogen (secondary N) is 2. The van der Waals surface area contributed by atoms with E-state index in [0.29, 0.717) is 18.5 Å². The van der Waals surface area contributed by atoms with Crippen LogP contribution in [0.3, 0.4) is 0 Å². The Hall–Kier alpha value is -2.02. The van der Waals surface area contributed by atoms with Crippen molar-refractivity contribution in [2.24, 2.45) is 0 Å². The van der Waals surface area contributed by atoms with Crippen LogP contribution in [-0.4, -0.2) is 39.9 Å². The summed E-state index contributed by atoms with van der Waals surface area (Å²) in [5, 5.41) is 14.9. The molecule has 2 rings (SSSR count). The predicted octanol–water partition coefficient (Wildman–Crippen LogP) is 2.57. The van der Waals surface area contributed by atoms with Crippen molar-refractivity contribution < 1.29 is 19.5 Å². The van der Waals surface area contributed by atoms with E-state index in [1.54, 1.807) is 0 Å². The van der Waals surface area contributed by atoms with Crippen LogP contribution in [0.2, 0.25) is 0 Å². The summed E-state index contributed by atoms with van der Waals surface area (Å²) in [5.74, 6) is -1.29. The molecule has 6 nitrogen and oxygen atoms in total. The lowest BCUT2D eigenvalue weighted by Crippen LogP contribution is -2.56. The molecule has 3 N–H and O–H groups in total. The molecule has 1 aliphatic rings. The van der Waals surface area contributed by atoms with E-state index in [4.69, 9.17) is 0 Å². The molecule has 2 amide bonds. The first-order valence-electron chi connectivity index (χ1n) is 8.40. The fourth-order valence-corrected chi connectivity index (χ4v) is 3.54. The summed E-state index contributed by atoms with van der Waals surface area (Å²) in [6.45, 7) is 1.97. The molecule has 1 saturated carbocycles. The summed E-state index contributed by atoms with van der Waals surface area (Å²) in [7, 11) is 0. The molecule has 0 heterocycles. The fourth-order valence-electron chi connectivity index (χ4n) is 2.92. The number of rotatable bonds is 7.